The number of carboxylic acids is 1. The van der Waals surface area contributed by atoms with E-state index in [0.29, 0.717) is 16.5 Å². The maximum Gasteiger partial charge on any atom is 0.348 e. The molecule has 6 heteroatoms. The molecular weight excluding hydrogens is 300 g/mol. The van der Waals surface area contributed by atoms with Gasteiger partial charge in [0.25, 0.3) is 0 Å². The average Bonchev–Trinajstić information content (AvgIpc) is 2.92. The van der Waals surface area contributed by atoms with E-state index in [2.05, 4.69) is 10.3 Å². The van der Waals surface area contributed by atoms with E-state index in [9.17, 15) is 15.0 Å². The van der Waals surface area contributed by atoms with Gasteiger partial charge in [-0.1, -0.05) is 47.7 Å². The first-order valence-electron chi connectivity index (χ1n) is 6.49. The Balaban J connectivity index is 1.99. The highest BCUT2D eigenvalue weighted by atomic mass is 32.1. The van der Waals surface area contributed by atoms with Gasteiger partial charge >= 0.3 is 5.97 Å². The van der Waals surface area contributed by atoms with Crippen molar-refractivity contribution in [3.63, 3.8) is 0 Å². The Kier molecular flexibility index (Phi) is 3.76. The number of aromatic hydroxyl groups is 1. The zero-order chi connectivity index (χ0) is 15.5. The largest absolute Gasteiger partial charge is 0.508 e. The maximum absolute atomic E-state index is 11.4. The molecule has 0 radical (unpaired) electrons. The van der Waals surface area contributed by atoms with Crippen LogP contribution in [0, 0.1) is 0 Å². The Morgan fingerprint density at radius 1 is 1.09 bits per heavy atom. The number of carboxylic acid groups (broad SMARTS) is 1. The van der Waals surface area contributed by atoms with Crippen molar-refractivity contribution >= 4 is 28.1 Å². The first-order valence-corrected chi connectivity index (χ1v) is 7.31. The number of hydrogen-bond donors (Lipinski definition) is 3. The van der Waals surface area contributed by atoms with E-state index in [1.807, 2.05) is 30.3 Å². The summed E-state index contributed by atoms with van der Waals surface area (Å²) in [7, 11) is 0. The highest BCUT2D eigenvalue weighted by molar-refractivity contribution is 7.18. The number of aromatic nitrogens is 1. The topological polar surface area (TPSA) is 82.5 Å². The van der Waals surface area contributed by atoms with E-state index >= 15 is 0 Å². The van der Waals surface area contributed by atoms with Crippen LogP contribution in [-0.2, 0) is 0 Å². The second kappa shape index (κ2) is 5.87. The molecule has 110 valence electrons. The van der Waals surface area contributed by atoms with Gasteiger partial charge in [-0.2, -0.15) is 0 Å². The van der Waals surface area contributed by atoms with Crippen LogP contribution in [0.25, 0.3) is 11.3 Å². The van der Waals surface area contributed by atoms with Gasteiger partial charge < -0.3 is 15.5 Å². The molecular formula is C16H12N2O3S. The van der Waals surface area contributed by atoms with Gasteiger partial charge in [0.05, 0.1) is 5.69 Å². The third-order valence-electron chi connectivity index (χ3n) is 2.97. The zero-order valence-electron chi connectivity index (χ0n) is 11.4. The van der Waals surface area contributed by atoms with Gasteiger partial charge in [-0.15, -0.1) is 0 Å². The fraction of sp³-hybridized carbons (Fsp3) is 0. The third kappa shape index (κ3) is 2.91. The molecule has 0 bridgehead atoms. The molecule has 0 atom stereocenters. The van der Waals surface area contributed by atoms with Crippen molar-refractivity contribution in [1.82, 2.24) is 4.98 Å². The van der Waals surface area contributed by atoms with Crippen molar-refractivity contribution in [2.24, 2.45) is 0 Å². The van der Waals surface area contributed by atoms with Crippen LogP contribution in [0.1, 0.15) is 9.67 Å². The Bertz CT molecular complexity index is 815. The summed E-state index contributed by atoms with van der Waals surface area (Å²) >= 11 is 1.06. The third-order valence-corrected chi connectivity index (χ3v) is 3.92. The minimum absolute atomic E-state index is 0.128. The summed E-state index contributed by atoms with van der Waals surface area (Å²) in [4.78, 5) is 16.0. The monoisotopic (exact) mass is 312 g/mol. The summed E-state index contributed by atoms with van der Waals surface area (Å²) in [6, 6.07) is 15.7. The summed E-state index contributed by atoms with van der Waals surface area (Å²) in [5, 5.41) is 22.3. The van der Waals surface area contributed by atoms with Crippen LogP contribution in [0.5, 0.6) is 5.75 Å². The number of phenolic OH excluding ortho intramolecular Hbond substituents is 1. The minimum Gasteiger partial charge on any atom is -0.508 e. The molecule has 0 aliphatic heterocycles. The number of hydrogen-bond acceptors (Lipinski definition) is 5. The van der Waals surface area contributed by atoms with Crippen LogP contribution in [0.4, 0.5) is 10.8 Å². The molecule has 0 aliphatic carbocycles. The van der Waals surface area contributed by atoms with Crippen molar-refractivity contribution in [3.8, 4) is 17.0 Å². The summed E-state index contributed by atoms with van der Waals surface area (Å²) < 4.78 is 0. The smallest absolute Gasteiger partial charge is 0.348 e. The quantitative estimate of drug-likeness (QED) is 0.679. The Morgan fingerprint density at radius 2 is 1.86 bits per heavy atom. The van der Waals surface area contributed by atoms with Crippen LogP contribution >= 0.6 is 11.3 Å². The van der Waals surface area contributed by atoms with E-state index in [0.717, 1.165) is 16.9 Å². The number of anilines is 2. The molecule has 5 nitrogen and oxygen atoms in total. The summed E-state index contributed by atoms with van der Waals surface area (Å²) in [5.74, 6) is -0.886. The van der Waals surface area contributed by atoms with Crippen molar-refractivity contribution in [1.29, 1.82) is 0 Å². The molecule has 0 aliphatic rings. The molecule has 0 saturated heterocycles. The number of phenols is 1. The fourth-order valence-electron chi connectivity index (χ4n) is 2.02. The SMILES string of the molecule is O=C(O)c1sc(Nc2cccc(O)c2)nc1-c1ccccc1. The lowest BCUT2D eigenvalue weighted by Gasteiger charge is -2.02. The van der Waals surface area contributed by atoms with Crippen molar-refractivity contribution < 1.29 is 15.0 Å². The minimum atomic E-state index is -1.01. The van der Waals surface area contributed by atoms with Gasteiger partial charge in [-0.25, -0.2) is 9.78 Å². The molecule has 1 aromatic heterocycles. The number of benzene rings is 2. The number of nitrogens with one attached hydrogen (secondary N) is 1. The lowest BCUT2D eigenvalue weighted by atomic mass is 10.1. The summed E-state index contributed by atoms with van der Waals surface area (Å²) in [6.07, 6.45) is 0. The van der Waals surface area contributed by atoms with E-state index in [4.69, 9.17) is 0 Å². The highest BCUT2D eigenvalue weighted by Gasteiger charge is 2.18. The van der Waals surface area contributed by atoms with E-state index < -0.39 is 5.97 Å². The Hall–Kier alpha value is -2.86. The maximum atomic E-state index is 11.4. The lowest BCUT2D eigenvalue weighted by molar-refractivity contribution is 0.0702. The van der Waals surface area contributed by atoms with E-state index in [1.54, 1.807) is 24.3 Å². The van der Waals surface area contributed by atoms with Crippen LogP contribution < -0.4 is 5.32 Å². The van der Waals surface area contributed by atoms with Crippen molar-refractivity contribution in [2.45, 2.75) is 0 Å². The molecule has 3 rings (SSSR count). The van der Waals surface area contributed by atoms with Gasteiger partial charge in [0.2, 0.25) is 0 Å². The zero-order valence-corrected chi connectivity index (χ0v) is 12.2. The first-order chi connectivity index (χ1) is 10.6. The van der Waals surface area contributed by atoms with Gasteiger partial charge in [-0.3, -0.25) is 0 Å². The second-order valence-corrected chi connectivity index (χ2v) is 5.54. The molecule has 0 unspecified atom stereocenters. The highest BCUT2D eigenvalue weighted by Crippen LogP contribution is 2.33. The number of rotatable bonds is 4. The van der Waals surface area contributed by atoms with Crippen LogP contribution in [0.15, 0.2) is 54.6 Å². The standard InChI is InChI=1S/C16H12N2O3S/c19-12-8-4-7-11(9-12)17-16-18-13(14(22-16)15(20)21)10-5-2-1-3-6-10/h1-9,19H,(H,17,18)(H,20,21). The molecule has 0 spiro atoms. The molecule has 1 heterocycles. The van der Waals surface area contributed by atoms with Gasteiger partial charge in [0, 0.05) is 17.3 Å². The Morgan fingerprint density at radius 3 is 2.55 bits per heavy atom. The number of thiazole rings is 1. The molecule has 0 saturated carbocycles. The van der Waals surface area contributed by atoms with Crippen LogP contribution in [0.3, 0.4) is 0 Å². The molecule has 3 aromatic rings. The van der Waals surface area contributed by atoms with E-state index in [-0.39, 0.29) is 10.6 Å². The molecule has 0 amide bonds. The van der Waals surface area contributed by atoms with Crippen LogP contribution in [-0.4, -0.2) is 21.2 Å². The summed E-state index contributed by atoms with van der Waals surface area (Å²) in [6.45, 7) is 0. The number of nitrogens with zero attached hydrogens (tertiary/aromatic N) is 1. The van der Waals surface area contributed by atoms with Crippen molar-refractivity contribution in [3.05, 3.63) is 59.5 Å². The van der Waals surface area contributed by atoms with Gasteiger partial charge in [-0.05, 0) is 12.1 Å². The fourth-order valence-corrected chi connectivity index (χ4v) is 2.86. The lowest BCUT2D eigenvalue weighted by Crippen LogP contribution is -1.95. The average molecular weight is 312 g/mol. The Labute approximate surface area is 130 Å². The van der Waals surface area contributed by atoms with Gasteiger partial charge in [0.1, 0.15) is 10.6 Å². The van der Waals surface area contributed by atoms with Crippen molar-refractivity contribution in [2.75, 3.05) is 5.32 Å². The summed E-state index contributed by atoms with van der Waals surface area (Å²) in [5.41, 5.74) is 1.83. The molecule has 0 fully saturated rings. The first kappa shape index (κ1) is 14.1. The second-order valence-electron chi connectivity index (χ2n) is 4.54. The number of aromatic carboxylic acids is 1. The van der Waals surface area contributed by atoms with E-state index in [1.165, 1.54) is 0 Å². The number of carbonyl (C=O) groups is 1. The van der Waals surface area contributed by atoms with Crippen LogP contribution in [0.2, 0.25) is 0 Å². The van der Waals surface area contributed by atoms with Gasteiger partial charge in [0.15, 0.2) is 5.13 Å². The normalized spacial score (nSPS) is 10.4. The molecule has 2 aromatic carbocycles. The molecule has 3 N–H and O–H groups in total. The predicted octanol–water partition coefficient (Wildman–Crippen LogP) is 3.96. The predicted molar refractivity (Wildman–Crippen MR) is 85.9 cm³/mol. The molecule has 22 heavy (non-hydrogen) atoms.